The molecule has 0 radical (unpaired) electrons. The minimum atomic E-state index is -0.894. The SMILES string of the molecule is CCOC(=O)C(CC(S)CS)C(=O)OCC. The van der Waals surface area contributed by atoms with E-state index in [1.165, 1.54) is 0 Å². The van der Waals surface area contributed by atoms with Crippen LogP contribution in [-0.4, -0.2) is 36.2 Å². The van der Waals surface area contributed by atoms with Gasteiger partial charge in [0.2, 0.25) is 0 Å². The predicted octanol–water partition coefficient (Wildman–Crippen LogP) is 1.35. The van der Waals surface area contributed by atoms with Crippen LogP contribution in [0.3, 0.4) is 0 Å². The maximum absolute atomic E-state index is 11.5. The summed E-state index contributed by atoms with van der Waals surface area (Å²) >= 11 is 8.25. The maximum atomic E-state index is 11.5. The zero-order chi connectivity index (χ0) is 12.6. The summed E-state index contributed by atoms with van der Waals surface area (Å²) in [6, 6.07) is 0. The number of rotatable bonds is 7. The highest BCUT2D eigenvalue weighted by atomic mass is 32.1. The van der Waals surface area contributed by atoms with Gasteiger partial charge in [-0.1, -0.05) is 0 Å². The molecule has 0 saturated heterocycles. The molecule has 1 unspecified atom stereocenters. The van der Waals surface area contributed by atoms with Crippen molar-refractivity contribution in [2.75, 3.05) is 19.0 Å². The molecular formula is C10H18O4S2. The van der Waals surface area contributed by atoms with Crippen LogP contribution < -0.4 is 0 Å². The van der Waals surface area contributed by atoms with Crippen molar-refractivity contribution in [2.45, 2.75) is 25.5 Å². The van der Waals surface area contributed by atoms with Crippen molar-refractivity contribution in [2.24, 2.45) is 5.92 Å². The van der Waals surface area contributed by atoms with E-state index in [0.717, 1.165) is 0 Å². The highest BCUT2D eigenvalue weighted by Crippen LogP contribution is 2.16. The molecule has 0 spiro atoms. The molecule has 0 aliphatic rings. The van der Waals surface area contributed by atoms with Crippen molar-refractivity contribution in [3.63, 3.8) is 0 Å². The number of ether oxygens (including phenoxy) is 2. The topological polar surface area (TPSA) is 52.6 Å². The van der Waals surface area contributed by atoms with Crippen LogP contribution in [0.5, 0.6) is 0 Å². The minimum absolute atomic E-state index is 0.137. The van der Waals surface area contributed by atoms with Crippen molar-refractivity contribution in [3.8, 4) is 0 Å². The molecule has 0 saturated carbocycles. The Morgan fingerprint density at radius 3 is 1.88 bits per heavy atom. The van der Waals surface area contributed by atoms with E-state index < -0.39 is 17.9 Å². The summed E-state index contributed by atoms with van der Waals surface area (Å²) in [5, 5.41) is -0.137. The average Bonchev–Trinajstić information content (AvgIpc) is 2.25. The normalized spacial score (nSPS) is 12.3. The lowest BCUT2D eigenvalue weighted by atomic mass is 10.0. The number of hydrogen-bond acceptors (Lipinski definition) is 6. The number of thiol groups is 2. The number of esters is 2. The molecule has 16 heavy (non-hydrogen) atoms. The molecule has 0 heterocycles. The zero-order valence-electron chi connectivity index (χ0n) is 9.51. The standard InChI is InChI=1S/C10H18O4S2/c1-3-13-9(11)8(5-7(16)6-15)10(12)14-4-2/h7-8,15-16H,3-6H2,1-2H3. The first-order valence-corrected chi connectivity index (χ1v) is 6.33. The largest absolute Gasteiger partial charge is 0.465 e. The molecule has 0 rings (SSSR count). The van der Waals surface area contributed by atoms with E-state index in [-0.39, 0.29) is 24.9 Å². The molecule has 0 aliphatic heterocycles. The number of carbonyl (C=O) groups excluding carboxylic acids is 2. The third-order valence-corrected chi connectivity index (χ3v) is 2.98. The van der Waals surface area contributed by atoms with Gasteiger partial charge in [-0.3, -0.25) is 9.59 Å². The summed E-state index contributed by atoms with van der Waals surface area (Å²) in [4.78, 5) is 23.1. The van der Waals surface area contributed by atoms with Gasteiger partial charge in [-0.25, -0.2) is 0 Å². The van der Waals surface area contributed by atoms with E-state index in [9.17, 15) is 9.59 Å². The molecule has 0 aliphatic carbocycles. The zero-order valence-corrected chi connectivity index (χ0v) is 11.3. The second kappa shape index (κ2) is 8.75. The minimum Gasteiger partial charge on any atom is -0.465 e. The van der Waals surface area contributed by atoms with Gasteiger partial charge in [0.25, 0.3) is 0 Å². The molecule has 0 fully saturated rings. The maximum Gasteiger partial charge on any atom is 0.320 e. The fraction of sp³-hybridized carbons (Fsp3) is 0.800. The molecule has 0 aromatic carbocycles. The second-order valence-electron chi connectivity index (χ2n) is 3.13. The quantitative estimate of drug-likeness (QED) is 0.415. The van der Waals surface area contributed by atoms with Gasteiger partial charge in [-0.2, -0.15) is 25.3 Å². The van der Waals surface area contributed by atoms with Crippen LogP contribution in [0, 0.1) is 5.92 Å². The molecule has 6 heteroatoms. The van der Waals surface area contributed by atoms with E-state index in [0.29, 0.717) is 5.75 Å². The van der Waals surface area contributed by atoms with Gasteiger partial charge in [-0.15, -0.1) is 0 Å². The average molecular weight is 266 g/mol. The Morgan fingerprint density at radius 2 is 1.56 bits per heavy atom. The molecule has 1 atom stereocenters. The molecule has 0 bridgehead atoms. The van der Waals surface area contributed by atoms with Gasteiger partial charge in [0.1, 0.15) is 0 Å². The first kappa shape index (κ1) is 15.6. The fourth-order valence-corrected chi connectivity index (χ4v) is 1.48. The summed E-state index contributed by atoms with van der Waals surface area (Å²) in [7, 11) is 0. The Hall–Kier alpha value is -0.360. The van der Waals surface area contributed by atoms with Crippen LogP contribution in [0.25, 0.3) is 0 Å². The Bertz CT molecular complexity index is 215. The molecule has 94 valence electrons. The molecular weight excluding hydrogens is 248 g/mol. The van der Waals surface area contributed by atoms with Crippen LogP contribution in [0.15, 0.2) is 0 Å². The van der Waals surface area contributed by atoms with Gasteiger partial charge >= 0.3 is 11.9 Å². The Kier molecular flexibility index (Phi) is 8.56. The van der Waals surface area contributed by atoms with E-state index in [1.807, 2.05) is 0 Å². The fourth-order valence-electron chi connectivity index (χ4n) is 1.12. The van der Waals surface area contributed by atoms with Gasteiger partial charge in [-0.05, 0) is 20.3 Å². The molecule has 0 aromatic heterocycles. The highest BCUT2D eigenvalue weighted by Gasteiger charge is 2.30. The molecule has 0 N–H and O–H groups in total. The Morgan fingerprint density at radius 1 is 1.12 bits per heavy atom. The lowest BCUT2D eigenvalue weighted by Crippen LogP contribution is -2.30. The second-order valence-corrected chi connectivity index (χ2v) is 4.22. The van der Waals surface area contributed by atoms with Gasteiger partial charge in [0, 0.05) is 11.0 Å². The van der Waals surface area contributed by atoms with Crippen molar-refractivity contribution in [1.82, 2.24) is 0 Å². The third kappa shape index (κ3) is 5.65. The van der Waals surface area contributed by atoms with Gasteiger partial charge < -0.3 is 9.47 Å². The van der Waals surface area contributed by atoms with Crippen LogP contribution in [0.2, 0.25) is 0 Å². The molecule has 0 aromatic rings. The summed E-state index contributed by atoms with van der Waals surface area (Å²) in [5.74, 6) is -1.52. The first-order chi connectivity index (χ1) is 7.56. The van der Waals surface area contributed by atoms with Gasteiger partial charge in [0.05, 0.1) is 13.2 Å². The van der Waals surface area contributed by atoms with Crippen LogP contribution in [0.4, 0.5) is 0 Å². The summed E-state index contributed by atoms with van der Waals surface area (Å²) in [6.07, 6.45) is 0.282. The van der Waals surface area contributed by atoms with E-state index in [1.54, 1.807) is 13.8 Å². The van der Waals surface area contributed by atoms with Gasteiger partial charge in [0.15, 0.2) is 5.92 Å². The van der Waals surface area contributed by atoms with E-state index >= 15 is 0 Å². The Labute approximate surface area is 107 Å². The smallest absolute Gasteiger partial charge is 0.320 e. The monoisotopic (exact) mass is 266 g/mol. The van der Waals surface area contributed by atoms with Crippen LogP contribution in [-0.2, 0) is 19.1 Å². The van der Waals surface area contributed by atoms with Crippen LogP contribution in [0.1, 0.15) is 20.3 Å². The lowest BCUT2D eigenvalue weighted by molar-refractivity contribution is -0.161. The van der Waals surface area contributed by atoms with Crippen LogP contribution >= 0.6 is 25.3 Å². The predicted molar refractivity (Wildman–Crippen MR) is 68.0 cm³/mol. The Balaban J connectivity index is 4.49. The number of carbonyl (C=O) groups is 2. The van der Waals surface area contributed by atoms with Crippen molar-refractivity contribution in [1.29, 1.82) is 0 Å². The highest BCUT2D eigenvalue weighted by molar-refractivity contribution is 7.84. The van der Waals surface area contributed by atoms with E-state index in [4.69, 9.17) is 9.47 Å². The number of hydrogen-bond donors (Lipinski definition) is 2. The van der Waals surface area contributed by atoms with Crippen molar-refractivity contribution >= 4 is 37.2 Å². The summed E-state index contributed by atoms with van der Waals surface area (Å²) in [6.45, 7) is 3.87. The lowest BCUT2D eigenvalue weighted by Gasteiger charge is -2.16. The first-order valence-electron chi connectivity index (χ1n) is 5.18. The summed E-state index contributed by atoms with van der Waals surface area (Å²) in [5.41, 5.74) is 0. The molecule has 4 nitrogen and oxygen atoms in total. The van der Waals surface area contributed by atoms with Crippen molar-refractivity contribution in [3.05, 3.63) is 0 Å². The van der Waals surface area contributed by atoms with E-state index in [2.05, 4.69) is 25.3 Å². The van der Waals surface area contributed by atoms with Crippen molar-refractivity contribution < 1.29 is 19.1 Å². The third-order valence-electron chi connectivity index (χ3n) is 1.86. The molecule has 0 amide bonds. The summed E-state index contributed by atoms with van der Waals surface area (Å²) < 4.78 is 9.64.